The zero-order valence-corrected chi connectivity index (χ0v) is 8.68. The average molecular weight is 218 g/mol. The number of nitrogens with one attached hydrogen (secondary N) is 1. The minimum absolute atomic E-state index is 0.139. The van der Waals surface area contributed by atoms with Crippen molar-refractivity contribution in [3.8, 4) is 0 Å². The van der Waals surface area contributed by atoms with E-state index in [4.69, 9.17) is 16.7 Å². The highest BCUT2D eigenvalue weighted by Crippen LogP contribution is 2.14. The molecule has 1 unspecified atom stereocenters. The minimum Gasteiger partial charge on any atom is -0.390 e. The summed E-state index contributed by atoms with van der Waals surface area (Å²) in [7, 11) is 0. The van der Waals surface area contributed by atoms with Gasteiger partial charge in [0.1, 0.15) is 5.82 Å². The Hall–Kier alpha value is -0.800. The smallest absolute Gasteiger partial charge is 0.146 e. The first-order valence-corrected chi connectivity index (χ1v) is 4.91. The fraction of sp³-hybridized carbons (Fsp3) is 0.400. The van der Waals surface area contributed by atoms with Crippen LogP contribution in [0.5, 0.6) is 0 Å². The maximum atomic E-state index is 13.2. The predicted molar refractivity (Wildman–Crippen MR) is 56.4 cm³/mol. The van der Waals surface area contributed by atoms with Gasteiger partial charge in [0.05, 0.1) is 17.7 Å². The van der Waals surface area contributed by atoms with Gasteiger partial charge in [-0.25, -0.2) is 4.39 Å². The number of anilines is 1. The molecule has 78 valence electrons. The topological polar surface area (TPSA) is 32.3 Å². The van der Waals surface area contributed by atoms with Gasteiger partial charge in [0.15, 0.2) is 0 Å². The summed E-state index contributed by atoms with van der Waals surface area (Å²) in [6.07, 6.45) is -0.655. The van der Waals surface area contributed by atoms with Crippen LogP contribution in [0.4, 0.5) is 10.1 Å². The first-order chi connectivity index (χ1) is 6.63. The van der Waals surface area contributed by atoms with Crippen molar-refractivity contribution < 1.29 is 9.50 Å². The summed E-state index contributed by atoms with van der Waals surface area (Å²) in [6.45, 7) is 2.07. The summed E-state index contributed by atoms with van der Waals surface area (Å²) >= 11 is 5.40. The normalized spacial score (nSPS) is 12.6. The first-order valence-electron chi connectivity index (χ1n) is 4.37. The molecule has 0 spiro atoms. The van der Waals surface area contributed by atoms with Crippen LogP contribution in [0.25, 0.3) is 0 Å². The molecule has 0 radical (unpaired) electrons. The third-order valence-corrected chi connectivity index (χ3v) is 2.19. The van der Waals surface area contributed by atoms with Crippen LogP contribution in [0.3, 0.4) is 0 Å². The second-order valence-corrected chi connectivity index (χ2v) is 3.48. The van der Waals surface area contributed by atoms with E-state index in [1.54, 1.807) is 12.1 Å². The van der Waals surface area contributed by atoms with Gasteiger partial charge in [-0.1, -0.05) is 6.07 Å². The molecule has 0 fully saturated rings. The highest BCUT2D eigenvalue weighted by atomic mass is 35.5. The predicted octanol–water partition coefficient (Wildman–Crippen LogP) is 2.15. The highest BCUT2D eigenvalue weighted by molar-refractivity contribution is 6.18. The standard InChI is InChI=1S/C10H13ClFNO/c1-7-2-3-10(9(12)4-7)13-6-8(14)5-11/h2-4,8,13-14H,5-6H2,1H3. The summed E-state index contributed by atoms with van der Waals surface area (Å²) in [6, 6.07) is 4.89. The van der Waals surface area contributed by atoms with E-state index in [9.17, 15) is 4.39 Å². The number of alkyl halides is 1. The van der Waals surface area contributed by atoms with Gasteiger partial charge in [-0.2, -0.15) is 0 Å². The zero-order valence-electron chi connectivity index (χ0n) is 7.93. The molecule has 14 heavy (non-hydrogen) atoms. The van der Waals surface area contributed by atoms with E-state index in [0.29, 0.717) is 5.69 Å². The number of hydrogen-bond acceptors (Lipinski definition) is 2. The van der Waals surface area contributed by atoms with Crippen LogP contribution >= 0.6 is 11.6 Å². The summed E-state index contributed by atoms with van der Waals surface area (Å²) in [5.74, 6) is -0.174. The molecule has 4 heteroatoms. The second kappa shape index (κ2) is 5.17. The molecule has 1 rings (SSSR count). The number of hydrogen-bond donors (Lipinski definition) is 2. The van der Waals surface area contributed by atoms with Crippen molar-refractivity contribution in [2.24, 2.45) is 0 Å². The van der Waals surface area contributed by atoms with E-state index in [0.717, 1.165) is 5.56 Å². The summed E-state index contributed by atoms with van der Waals surface area (Å²) < 4.78 is 13.2. The molecule has 1 aromatic carbocycles. The molecule has 2 N–H and O–H groups in total. The molecular formula is C10H13ClFNO. The van der Waals surface area contributed by atoms with Crippen molar-refractivity contribution in [1.82, 2.24) is 0 Å². The molecule has 1 aromatic rings. The lowest BCUT2D eigenvalue weighted by molar-refractivity contribution is 0.211. The molecule has 0 bridgehead atoms. The lowest BCUT2D eigenvalue weighted by Crippen LogP contribution is -2.21. The molecule has 0 aromatic heterocycles. The fourth-order valence-corrected chi connectivity index (χ4v) is 1.15. The van der Waals surface area contributed by atoms with Gasteiger partial charge in [0, 0.05) is 6.54 Å². The van der Waals surface area contributed by atoms with Crippen LogP contribution in [0, 0.1) is 12.7 Å². The lowest BCUT2D eigenvalue weighted by Gasteiger charge is -2.10. The molecule has 0 heterocycles. The third-order valence-electron chi connectivity index (χ3n) is 1.83. The number of aliphatic hydroxyl groups is 1. The van der Waals surface area contributed by atoms with E-state index < -0.39 is 6.10 Å². The average Bonchev–Trinajstić information content (AvgIpc) is 2.16. The molecule has 2 nitrogen and oxygen atoms in total. The Morgan fingerprint density at radius 3 is 2.86 bits per heavy atom. The highest BCUT2D eigenvalue weighted by Gasteiger charge is 2.04. The SMILES string of the molecule is Cc1ccc(NCC(O)CCl)c(F)c1. The quantitative estimate of drug-likeness (QED) is 0.758. The van der Waals surface area contributed by atoms with Gasteiger partial charge in [-0.15, -0.1) is 11.6 Å². The number of aryl methyl sites for hydroxylation is 1. The van der Waals surface area contributed by atoms with Crippen molar-refractivity contribution in [2.75, 3.05) is 17.7 Å². The van der Waals surface area contributed by atoms with Gasteiger partial charge < -0.3 is 10.4 Å². The Kier molecular flexibility index (Phi) is 4.17. The van der Waals surface area contributed by atoms with Gasteiger partial charge in [0.25, 0.3) is 0 Å². The number of halogens is 2. The molecule has 0 aliphatic carbocycles. The fourth-order valence-electron chi connectivity index (χ4n) is 1.05. The Bertz CT molecular complexity index is 306. The van der Waals surface area contributed by atoms with Gasteiger partial charge >= 0.3 is 0 Å². The van der Waals surface area contributed by atoms with E-state index in [1.807, 2.05) is 6.92 Å². The van der Waals surface area contributed by atoms with Crippen LogP contribution in [0.1, 0.15) is 5.56 Å². The molecule has 0 saturated heterocycles. The molecule has 0 aliphatic rings. The Morgan fingerprint density at radius 2 is 2.29 bits per heavy atom. The van der Waals surface area contributed by atoms with Gasteiger partial charge in [-0.3, -0.25) is 0 Å². The minimum atomic E-state index is -0.655. The van der Waals surface area contributed by atoms with Gasteiger partial charge in [0.2, 0.25) is 0 Å². The van der Waals surface area contributed by atoms with E-state index in [2.05, 4.69) is 5.32 Å². The van der Waals surface area contributed by atoms with Crippen molar-refractivity contribution in [3.63, 3.8) is 0 Å². The molecule has 0 saturated carbocycles. The Balaban J connectivity index is 2.59. The van der Waals surface area contributed by atoms with Crippen molar-refractivity contribution in [3.05, 3.63) is 29.6 Å². The summed E-state index contributed by atoms with van der Waals surface area (Å²) in [5, 5.41) is 11.9. The largest absolute Gasteiger partial charge is 0.390 e. The van der Waals surface area contributed by atoms with Crippen molar-refractivity contribution >= 4 is 17.3 Å². The zero-order chi connectivity index (χ0) is 10.6. The number of rotatable bonds is 4. The summed E-state index contributed by atoms with van der Waals surface area (Å²) in [4.78, 5) is 0. The summed E-state index contributed by atoms with van der Waals surface area (Å²) in [5.41, 5.74) is 1.26. The van der Waals surface area contributed by atoms with E-state index >= 15 is 0 Å². The maximum Gasteiger partial charge on any atom is 0.146 e. The third kappa shape index (κ3) is 3.16. The molecule has 1 atom stereocenters. The molecular weight excluding hydrogens is 205 g/mol. The van der Waals surface area contributed by atoms with Crippen LogP contribution in [0.15, 0.2) is 18.2 Å². The van der Waals surface area contributed by atoms with E-state index in [1.165, 1.54) is 6.07 Å². The van der Waals surface area contributed by atoms with Crippen molar-refractivity contribution in [1.29, 1.82) is 0 Å². The number of benzene rings is 1. The van der Waals surface area contributed by atoms with E-state index in [-0.39, 0.29) is 18.2 Å². The maximum absolute atomic E-state index is 13.2. The number of aliphatic hydroxyl groups excluding tert-OH is 1. The molecule has 0 amide bonds. The Labute approximate surface area is 87.7 Å². The Morgan fingerprint density at radius 1 is 1.57 bits per heavy atom. The monoisotopic (exact) mass is 217 g/mol. The van der Waals surface area contributed by atoms with Crippen LogP contribution in [0.2, 0.25) is 0 Å². The van der Waals surface area contributed by atoms with Gasteiger partial charge in [-0.05, 0) is 24.6 Å². The van der Waals surface area contributed by atoms with Crippen LogP contribution in [-0.4, -0.2) is 23.6 Å². The van der Waals surface area contributed by atoms with Crippen LogP contribution < -0.4 is 5.32 Å². The van der Waals surface area contributed by atoms with Crippen LogP contribution in [-0.2, 0) is 0 Å². The second-order valence-electron chi connectivity index (χ2n) is 3.17. The molecule has 0 aliphatic heterocycles. The van der Waals surface area contributed by atoms with Crippen molar-refractivity contribution in [2.45, 2.75) is 13.0 Å². The lowest BCUT2D eigenvalue weighted by atomic mass is 10.2. The first kappa shape index (κ1) is 11.3.